The molecule has 0 fully saturated rings. The zero-order chi connectivity index (χ0) is 11.5. The fourth-order valence-corrected chi connectivity index (χ4v) is 2.09. The maximum absolute atomic E-state index is 5.97. The van der Waals surface area contributed by atoms with E-state index in [1.54, 1.807) is 0 Å². The summed E-state index contributed by atoms with van der Waals surface area (Å²) >= 11 is 5.97. The first-order valence-electron chi connectivity index (χ1n) is 5.55. The summed E-state index contributed by atoms with van der Waals surface area (Å²) in [6.07, 6.45) is 1.10. The zero-order valence-electron chi connectivity index (χ0n) is 9.63. The van der Waals surface area contributed by atoms with Crippen molar-refractivity contribution < 1.29 is 0 Å². The quantitative estimate of drug-likeness (QED) is 0.886. The Balaban J connectivity index is 2.56. The Morgan fingerprint density at radius 3 is 2.94 bits per heavy atom. The number of aromatic nitrogens is 2. The van der Waals surface area contributed by atoms with Crippen LogP contribution >= 0.6 is 11.6 Å². The maximum Gasteiger partial charge on any atom is 0.123 e. The largest absolute Gasteiger partial charge is 0.327 e. The number of nitrogens with one attached hydrogen (secondary N) is 1. The Hall–Kier alpha value is -1.06. The van der Waals surface area contributed by atoms with E-state index in [0.29, 0.717) is 0 Å². The van der Waals surface area contributed by atoms with Crippen LogP contribution in [0.5, 0.6) is 0 Å². The summed E-state index contributed by atoms with van der Waals surface area (Å²) in [5, 5.41) is 3.88. The van der Waals surface area contributed by atoms with Crippen molar-refractivity contribution in [3.05, 3.63) is 29.0 Å². The molecule has 0 aliphatic rings. The number of rotatable bonds is 4. The van der Waals surface area contributed by atoms with E-state index < -0.39 is 0 Å². The standard InChI is InChI=1S/C12H16ClN3/c1-3-6-16-11-5-4-9(13)7-10(11)15-12(16)8-14-2/h4-5,7,14H,3,6,8H2,1-2H3. The molecule has 0 atom stereocenters. The first-order valence-corrected chi connectivity index (χ1v) is 5.93. The van der Waals surface area contributed by atoms with E-state index >= 15 is 0 Å². The number of halogens is 1. The maximum atomic E-state index is 5.97. The van der Waals surface area contributed by atoms with Crippen LogP contribution in [-0.4, -0.2) is 16.6 Å². The van der Waals surface area contributed by atoms with Crippen LogP contribution in [0.15, 0.2) is 18.2 Å². The van der Waals surface area contributed by atoms with E-state index in [-0.39, 0.29) is 0 Å². The van der Waals surface area contributed by atoms with E-state index in [0.717, 1.165) is 41.4 Å². The third kappa shape index (κ3) is 2.06. The predicted octanol–water partition coefficient (Wildman–Crippen LogP) is 2.82. The number of aryl methyl sites for hydroxylation is 1. The van der Waals surface area contributed by atoms with Gasteiger partial charge in [0.25, 0.3) is 0 Å². The van der Waals surface area contributed by atoms with E-state index in [4.69, 9.17) is 11.6 Å². The molecule has 0 saturated carbocycles. The Bertz CT molecular complexity index is 490. The Morgan fingerprint density at radius 1 is 1.44 bits per heavy atom. The number of benzene rings is 1. The number of fused-ring (bicyclic) bond motifs is 1. The van der Waals surface area contributed by atoms with Crippen molar-refractivity contribution in [2.24, 2.45) is 0 Å². The number of nitrogens with zero attached hydrogens (tertiary/aromatic N) is 2. The molecule has 1 N–H and O–H groups in total. The summed E-state index contributed by atoms with van der Waals surface area (Å²) in [7, 11) is 1.93. The molecule has 0 unspecified atom stereocenters. The molecular weight excluding hydrogens is 222 g/mol. The van der Waals surface area contributed by atoms with Gasteiger partial charge in [0.15, 0.2) is 0 Å². The molecule has 1 aromatic heterocycles. The lowest BCUT2D eigenvalue weighted by Gasteiger charge is -2.06. The molecule has 0 aliphatic carbocycles. The van der Waals surface area contributed by atoms with Gasteiger partial charge in [-0.15, -0.1) is 0 Å². The van der Waals surface area contributed by atoms with Gasteiger partial charge in [0.2, 0.25) is 0 Å². The highest BCUT2D eigenvalue weighted by molar-refractivity contribution is 6.31. The van der Waals surface area contributed by atoms with Crippen molar-refractivity contribution in [2.75, 3.05) is 7.05 Å². The van der Waals surface area contributed by atoms with Gasteiger partial charge >= 0.3 is 0 Å². The van der Waals surface area contributed by atoms with Gasteiger partial charge in [-0.25, -0.2) is 4.98 Å². The summed E-state index contributed by atoms with van der Waals surface area (Å²) in [6, 6.07) is 5.88. The first kappa shape index (κ1) is 11.4. The van der Waals surface area contributed by atoms with Gasteiger partial charge in [-0.1, -0.05) is 18.5 Å². The molecule has 16 heavy (non-hydrogen) atoms. The highest BCUT2D eigenvalue weighted by Crippen LogP contribution is 2.20. The second-order valence-corrected chi connectivity index (χ2v) is 4.28. The van der Waals surface area contributed by atoms with Crippen molar-refractivity contribution in [3.63, 3.8) is 0 Å². The third-order valence-corrected chi connectivity index (χ3v) is 2.81. The second-order valence-electron chi connectivity index (χ2n) is 3.84. The van der Waals surface area contributed by atoms with E-state index in [1.165, 1.54) is 0 Å². The fourth-order valence-electron chi connectivity index (χ4n) is 1.92. The summed E-state index contributed by atoms with van der Waals surface area (Å²) in [5.41, 5.74) is 2.14. The SMILES string of the molecule is CCCn1c(CNC)nc2cc(Cl)ccc21. The summed E-state index contributed by atoms with van der Waals surface area (Å²) in [5.74, 6) is 1.07. The van der Waals surface area contributed by atoms with E-state index in [2.05, 4.69) is 21.8 Å². The summed E-state index contributed by atoms with van der Waals surface area (Å²) < 4.78 is 2.25. The van der Waals surface area contributed by atoms with Crippen LogP contribution in [0.3, 0.4) is 0 Å². The Kier molecular flexibility index (Phi) is 3.46. The molecule has 0 saturated heterocycles. The minimum atomic E-state index is 0.740. The number of hydrogen-bond acceptors (Lipinski definition) is 2. The molecule has 0 radical (unpaired) electrons. The second kappa shape index (κ2) is 4.85. The van der Waals surface area contributed by atoms with Crippen LogP contribution in [-0.2, 0) is 13.1 Å². The highest BCUT2D eigenvalue weighted by Gasteiger charge is 2.09. The monoisotopic (exact) mass is 237 g/mol. The van der Waals surface area contributed by atoms with E-state index in [1.807, 2.05) is 25.2 Å². The van der Waals surface area contributed by atoms with Gasteiger partial charge < -0.3 is 9.88 Å². The van der Waals surface area contributed by atoms with Gasteiger partial charge in [0.05, 0.1) is 17.6 Å². The lowest BCUT2D eigenvalue weighted by molar-refractivity contribution is 0.629. The topological polar surface area (TPSA) is 29.9 Å². The molecule has 4 heteroatoms. The molecule has 2 rings (SSSR count). The molecular formula is C12H16ClN3. The molecule has 2 aromatic rings. The van der Waals surface area contributed by atoms with Crippen molar-refractivity contribution in [3.8, 4) is 0 Å². The fraction of sp³-hybridized carbons (Fsp3) is 0.417. The van der Waals surface area contributed by atoms with Crippen LogP contribution in [0.1, 0.15) is 19.2 Å². The first-order chi connectivity index (χ1) is 7.76. The van der Waals surface area contributed by atoms with Crippen molar-refractivity contribution in [1.29, 1.82) is 0 Å². The van der Waals surface area contributed by atoms with Crippen LogP contribution in [0.25, 0.3) is 11.0 Å². The lowest BCUT2D eigenvalue weighted by Crippen LogP contribution is -2.12. The molecule has 0 bridgehead atoms. The Morgan fingerprint density at radius 2 is 2.25 bits per heavy atom. The number of imidazole rings is 1. The molecule has 3 nitrogen and oxygen atoms in total. The smallest absolute Gasteiger partial charge is 0.123 e. The highest BCUT2D eigenvalue weighted by atomic mass is 35.5. The Labute approximate surface area is 100 Å². The molecule has 1 heterocycles. The van der Waals surface area contributed by atoms with Gasteiger partial charge in [-0.3, -0.25) is 0 Å². The van der Waals surface area contributed by atoms with Crippen LogP contribution in [0.4, 0.5) is 0 Å². The molecule has 1 aromatic carbocycles. The van der Waals surface area contributed by atoms with Gasteiger partial charge in [0.1, 0.15) is 5.82 Å². The van der Waals surface area contributed by atoms with Crippen molar-refractivity contribution >= 4 is 22.6 Å². The van der Waals surface area contributed by atoms with E-state index in [9.17, 15) is 0 Å². The summed E-state index contributed by atoms with van der Waals surface area (Å²) in [6.45, 7) is 3.95. The van der Waals surface area contributed by atoms with Gasteiger partial charge in [-0.05, 0) is 31.7 Å². The molecule has 86 valence electrons. The van der Waals surface area contributed by atoms with Gasteiger partial charge in [0, 0.05) is 11.6 Å². The minimum Gasteiger partial charge on any atom is -0.327 e. The van der Waals surface area contributed by atoms with Crippen molar-refractivity contribution in [1.82, 2.24) is 14.9 Å². The van der Waals surface area contributed by atoms with Crippen LogP contribution < -0.4 is 5.32 Å². The summed E-state index contributed by atoms with van der Waals surface area (Å²) in [4.78, 5) is 4.60. The average molecular weight is 238 g/mol. The minimum absolute atomic E-state index is 0.740. The molecule has 0 amide bonds. The van der Waals surface area contributed by atoms with Crippen molar-refractivity contribution in [2.45, 2.75) is 26.4 Å². The van der Waals surface area contributed by atoms with Gasteiger partial charge in [-0.2, -0.15) is 0 Å². The third-order valence-electron chi connectivity index (χ3n) is 2.57. The van der Waals surface area contributed by atoms with Crippen LogP contribution in [0, 0.1) is 0 Å². The molecule has 0 aliphatic heterocycles. The zero-order valence-corrected chi connectivity index (χ0v) is 10.4. The molecule has 0 spiro atoms. The normalized spacial score (nSPS) is 11.2. The average Bonchev–Trinajstić information content (AvgIpc) is 2.57. The predicted molar refractivity (Wildman–Crippen MR) is 67.8 cm³/mol. The van der Waals surface area contributed by atoms with Crippen LogP contribution in [0.2, 0.25) is 5.02 Å². The number of hydrogen-bond donors (Lipinski definition) is 1. The lowest BCUT2D eigenvalue weighted by atomic mass is 10.3.